The topological polar surface area (TPSA) is 29.1 Å². The van der Waals surface area contributed by atoms with Crippen molar-refractivity contribution < 1.29 is 4.79 Å². The van der Waals surface area contributed by atoms with Crippen LogP contribution >= 0.6 is 23.4 Å². The van der Waals surface area contributed by atoms with Crippen molar-refractivity contribution in [1.29, 1.82) is 0 Å². The molecule has 4 heteroatoms. The predicted molar refractivity (Wildman–Crippen MR) is 87.2 cm³/mol. The van der Waals surface area contributed by atoms with Gasteiger partial charge in [0.2, 0.25) is 5.91 Å². The summed E-state index contributed by atoms with van der Waals surface area (Å²) in [6.45, 7) is 0. The molecule has 1 aliphatic rings. The second-order valence-electron chi connectivity index (χ2n) is 5.33. The van der Waals surface area contributed by atoms with Crippen LogP contribution in [0.2, 0.25) is 5.02 Å². The molecular formula is C16H22ClNOS. The Kier molecular flexibility index (Phi) is 6.74. The molecule has 1 aliphatic carbocycles. The zero-order chi connectivity index (χ0) is 14.2. The van der Waals surface area contributed by atoms with E-state index in [9.17, 15) is 4.79 Å². The fraction of sp³-hybridized carbons (Fsp3) is 0.562. The first kappa shape index (κ1) is 15.7. The number of halogens is 1. The monoisotopic (exact) mass is 311 g/mol. The SMILES string of the molecule is O=C(CCSCc1cccc(Cl)c1)NC1CCCCC1. The Balaban J connectivity index is 1.59. The molecule has 0 aromatic heterocycles. The Hall–Kier alpha value is -0.670. The Bertz CT molecular complexity index is 432. The number of carbonyl (C=O) groups excluding carboxylic acids is 1. The molecule has 0 aliphatic heterocycles. The van der Waals surface area contributed by atoms with Crippen LogP contribution in [0, 0.1) is 0 Å². The number of benzene rings is 1. The van der Waals surface area contributed by atoms with Crippen molar-refractivity contribution in [3.05, 3.63) is 34.9 Å². The normalized spacial score (nSPS) is 16.1. The second-order valence-corrected chi connectivity index (χ2v) is 6.88. The highest BCUT2D eigenvalue weighted by atomic mass is 35.5. The summed E-state index contributed by atoms with van der Waals surface area (Å²) in [6.07, 6.45) is 6.76. The average molecular weight is 312 g/mol. The summed E-state index contributed by atoms with van der Waals surface area (Å²) in [5.74, 6) is 1.98. The fourth-order valence-electron chi connectivity index (χ4n) is 2.53. The van der Waals surface area contributed by atoms with E-state index in [1.807, 2.05) is 18.2 Å². The lowest BCUT2D eigenvalue weighted by Gasteiger charge is -2.22. The number of thioether (sulfide) groups is 1. The van der Waals surface area contributed by atoms with Crippen LogP contribution in [0.3, 0.4) is 0 Å². The van der Waals surface area contributed by atoms with E-state index < -0.39 is 0 Å². The van der Waals surface area contributed by atoms with Crippen molar-refractivity contribution in [2.45, 2.75) is 50.3 Å². The van der Waals surface area contributed by atoms with Crippen LogP contribution in [0.15, 0.2) is 24.3 Å². The van der Waals surface area contributed by atoms with E-state index >= 15 is 0 Å². The second kappa shape index (κ2) is 8.58. The van der Waals surface area contributed by atoms with Crippen molar-refractivity contribution in [3.8, 4) is 0 Å². The molecule has 1 N–H and O–H groups in total. The van der Waals surface area contributed by atoms with Gasteiger partial charge in [-0.05, 0) is 30.5 Å². The van der Waals surface area contributed by atoms with Crippen molar-refractivity contribution in [1.82, 2.24) is 5.32 Å². The molecule has 0 bridgehead atoms. The minimum atomic E-state index is 0.204. The van der Waals surface area contributed by atoms with Gasteiger partial charge in [-0.3, -0.25) is 4.79 Å². The maximum atomic E-state index is 11.8. The van der Waals surface area contributed by atoms with Crippen molar-refractivity contribution in [2.75, 3.05) is 5.75 Å². The van der Waals surface area contributed by atoms with Gasteiger partial charge in [0.25, 0.3) is 0 Å². The lowest BCUT2D eigenvalue weighted by atomic mass is 9.95. The molecule has 1 aromatic carbocycles. The van der Waals surface area contributed by atoms with Crippen LogP contribution in [0.1, 0.15) is 44.1 Å². The molecule has 0 saturated heterocycles. The van der Waals surface area contributed by atoms with E-state index in [1.165, 1.54) is 24.8 Å². The van der Waals surface area contributed by atoms with Crippen LogP contribution in [0.25, 0.3) is 0 Å². The Morgan fingerprint density at radius 1 is 1.30 bits per heavy atom. The molecule has 1 aromatic rings. The number of hydrogen-bond donors (Lipinski definition) is 1. The van der Waals surface area contributed by atoms with Gasteiger partial charge >= 0.3 is 0 Å². The molecule has 110 valence electrons. The quantitative estimate of drug-likeness (QED) is 0.788. The number of rotatable bonds is 6. The maximum absolute atomic E-state index is 11.8. The zero-order valence-electron chi connectivity index (χ0n) is 11.7. The summed E-state index contributed by atoms with van der Waals surface area (Å²) in [7, 11) is 0. The molecule has 1 amide bonds. The molecular weight excluding hydrogens is 290 g/mol. The summed E-state index contributed by atoms with van der Waals surface area (Å²) in [6, 6.07) is 8.33. The molecule has 2 nitrogen and oxygen atoms in total. The van der Waals surface area contributed by atoms with Gasteiger partial charge in [-0.1, -0.05) is 43.0 Å². The molecule has 1 saturated carbocycles. The Morgan fingerprint density at radius 2 is 2.10 bits per heavy atom. The number of hydrogen-bond acceptors (Lipinski definition) is 2. The van der Waals surface area contributed by atoms with Crippen LogP contribution in [0.5, 0.6) is 0 Å². The summed E-state index contributed by atoms with van der Waals surface area (Å²) >= 11 is 7.73. The number of amides is 1. The van der Waals surface area contributed by atoms with E-state index in [0.29, 0.717) is 12.5 Å². The molecule has 0 heterocycles. The summed E-state index contributed by atoms with van der Waals surface area (Å²) in [5.41, 5.74) is 1.22. The first-order valence-electron chi connectivity index (χ1n) is 7.35. The van der Waals surface area contributed by atoms with Gasteiger partial charge in [-0.25, -0.2) is 0 Å². The Labute approximate surface area is 130 Å². The van der Waals surface area contributed by atoms with Gasteiger partial charge < -0.3 is 5.32 Å². The molecule has 1 fully saturated rings. The Morgan fingerprint density at radius 3 is 2.85 bits per heavy atom. The van der Waals surface area contributed by atoms with E-state index in [-0.39, 0.29) is 5.91 Å². The van der Waals surface area contributed by atoms with Gasteiger partial charge in [-0.2, -0.15) is 11.8 Å². The average Bonchev–Trinajstić information content (AvgIpc) is 2.45. The smallest absolute Gasteiger partial charge is 0.221 e. The minimum Gasteiger partial charge on any atom is -0.353 e. The highest BCUT2D eigenvalue weighted by Crippen LogP contribution is 2.19. The molecule has 0 atom stereocenters. The fourth-order valence-corrected chi connectivity index (χ4v) is 3.63. The summed E-state index contributed by atoms with van der Waals surface area (Å²) in [5, 5.41) is 3.93. The van der Waals surface area contributed by atoms with Crippen molar-refractivity contribution >= 4 is 29.3 Å². The lowest BCUT2D eigenvalue weighted by Crippen LogP contribution is -2.36. The lowest BCUT2D eigenvalue weighted by molar-refractivity contribution is -0.121. The van der Waals surface area contributed by atoms with Gasteiger partial charge in [0.15, 0.2) is 0 Å². The van der Waals surface area contributed by atoms with Gasteiger partial charge in [-0.15, -0.1) is 0 Å². The standard InChI is InChI=1S/C16H22ClNOS/c17-14-6-4-5-13(11-14)12-20-10-9-16(19)18-15-7-2-1-3-8-15/h4-6,11,15H,1-3,7-10,12H2,(H,18,19). The first-order valence-corrected chi connectivity index (χ1v) is 8.89. The van der Waals surface area contributed by atoms with Gasteiger partial charge in [0, 0.05) is 29.0 Å². The van der Waals surface area contributed by atoms with Crippen molar-refractivity contribution in [3.63, 3.8) is 0 Å². The van der Waals surface area contributed by atoms with E-state index in [4.69, 9.17) is 11.6 Å². The number of nitrogens with one attached hydrogen (secondary N) is 1. The maximum Gasteiger partial charge on any atom is 0.221 e. The van der Waals surface area contributed by atoms with Gasteiger partial charge in [0.1, 0.15) is 0 Å². The minimum absolute atomic E-state index is 0.204. The third-order valence-corrected chi connectivity index (χ3v) is 4.87. The van der Waals surface area contributed by atoms with Crippen molar-refractivity contribution in [2.24, 2.45) is 0 Å². The molecule has 0 radical (unpaired) electrons. The third kappa shape index (κ3) is 5.76. The zero-order valence-corrected chi connectivity index (χ0v) is 13.3. The molecule has 20 heavy (non-hydrogen) atoms. The van der Waals surface area contributed by atoms with Crippen LogP contribution in [-0.2, 0) is 10.5 Å². The first-order chi connectivity index (χ1) is 9.74. The molecule has 0 unspecified atom stereocenters. The molecule has 0 spiro atoms. The van der Waals surface area contributed by atoms with Crippen LogP contribution in [-0.4, -0.2) is 17.7 Å². The highest BCUT2D eigenvalue weighted by molar-refractivity contribution is 7.98. The van der Waals surface area contributed by atoms with E-state index in [1.54, 1.807) is 11.8 Å². The van der Waals surface area contributed by atoms with E-state index in [2.05, 4.69) is 11.4 Å². The summed E-state index contributed by atoms with van der Waals surface area (Å²) in [4.78, 5) is 11.8. The summed E-state index contributed by atoms with van der Waals surface area (Å²) < 4.78 is 0. The van der Waals surface area contributed by atoms with Gasteiger partial charge in [0.05, 0.1) is 0 Å². The van der Waals surface area contributed by atoms with Crippen LogP contribution < -0.4 is 5.32 Å². The highest BCUT2D eigenvalue weighted by Gasteiger charge is 2.15. The largest absolute Gasteiger partial charge is 0.353 e. The van der Waals surface area contributed by atoms with Crippen LogP contribution in [0.4, 0.5) is 0 Å². The third-order valence-electron chi connectivity index (χ3n) is 3.60. The predicted octanol–water partition coefficient (Wildman–Crippen LogP) is 4.41. The van der Waals surface area contributed by atoms with E-state index in [0.717, 1.165) is 29.4 Å². The molecule has 2 rings (SSSR count). The number of carbonyl (C=O) groups is 1.